The van der Waals surface area contributed by atoms with Crippen molar-refractivity contribution in [2.45, 2.75) is 45.8 Å². The number of carbonyl (C=O) groups excluding carboxylic acids is 1. The Morgan fingerprint density at radius 1 is 1.39 bits per heavy atom. The van der Waals surface area contributed by atoms with E-state index in [9.17, 15) is 9.59 Å². The Bertz CT molecular complexity index is 290. The first-order valence-electron chi connectivity index (χ1n) is 6.01. The average Bonchev–Trinajstić information content (AvgIpc) is 2.26. The maximum atomic E-state index is 11.9. The second-order valence-corrected chi connectivity index (χ2v) is 5.05. The van der Waals surface area contributed by atoms with Crippen molar-refractivity contribution < 1.29 is 19.4 Å². The lowest BCUT2D eigenvalue weighted by atomic mass is 10.1. The molecule has 106 valence electrons. The van der Waals surface area contributed by atoms with Crippen molar-refractivity contribution in [2.75, 3.05) is 20.2 Å². The first-order valence-corrected chi connectivity index (χ1v) is 6.01. The molecule has 0 fully saturated rings. The van der Waals surface area contributed by atoms with Gasteiger partial charge < -0.3 is 20.1 Å². The van der Waals surface area contributed by atoms with Gasteiger partial charge in [-0.2, -0.15) is 0 Å². The topological polar surface area (TPSA) is 78.9 Å². The predicted octanol–water partition coefficient (Wildman–Crippen LogP) is 1.31. The molecule has 0 aliphatic heterocycles. The Kier molecular flexibility index (Phi) is 6.68. The SMILES string of the molecule is COC(C)(C)CNC(=O)N(CCC(=O)O)C(C)C. The van der Waals surface area contributed by atoms with Crippen LogP contribution in [0.15, 0.2) is 0 Å². The number of hydrogen-bond acceptors (Lipinski definition) is 3. The third kappa shape index (κ3) is 6.44. The third-order valence-corrected chi connectivity index (χ3v) is 2.67. The normalized spacial score (nSPS) is 11.4. The summed E-state index contributed by atoms with van der Waals surface area (Å²) in [6.45, 7) is 8.01. The second kappa shape index (κ2) is 7.20. The fourth-order valence-electron chi connectivity index (χ4n) is 1.27. The van der Waals surface area contributed by atoms with E-state index in [1.165, 1.54) is 4.90 Å². The van der Waals surface area contributed by atoms with E-state index in [2.05, 4.69) is 5.32 Å². The molecule has 0 atom stereocenters. The highest BCUT2D eigenvalue weighted by Crippen LogP contribution is 2.06. The van der Waals surface area contributed by atoms with Crippen LogP contribution >= 0.6 is 0 Å². The van der Waals surface area contributed by atoms with E-state index in [4.69, 9.17) is 9.84 Å². The zero-order chi connectivity index (χ0) is 14.3. The highest BCUT2D eigenvalue weighted by Gasteiger charge is 2.22. The van der Waals surface area contributed by atoms with Crippen LogP contribution in [0.4, 0.5) is 4.79 Å². The van der Waals surface area contributed by atoms with Crippen LogP contribution < -0.4 is 5.32 Å². The predicted molar refractivity (Wildman–Crippen MR) is 68.6 cm³/mol. The molecular formula is C12H24N2O4. The number of hydrogen-bond donors (Lipinski definition) is 2. The van der Waals surface area contributed by atoms with E-state index in [0.717, 1.165) is 0 Å². The molecule has 0 aliphatic carbocycles. The van der Waals surface area contributed by atoms with Crippen molar-refractivity contribution in [1.82, 2.24) is 10.2 Å². The molecule has 0 aliphatic rings. The second-order valence-electron chi connectivity index (χ2n) is 5.05. The van der Waals surface area contributed by atoms with Crippen molar-refractivity contribution in [1.29, 1.82) is 0 Å². The van der Waals surface area contributed by atoms with Crippen molar-refractivity contribution in [3.63, 3.8) is 0 Å². The van der Waals surface area contributed by atoms with Gasteiger partial charge in [0.15, 0.2) is 0 Å². The van der Waals surface area contributed by atoms with Crippen LogP contribution in [0.1, 0.15) is 34.1 Å². The maximum absolute atomic E-state index is 11.9. The minimum absolute atomic E-state index is 0.0463. The van der Waals surface area contributed by atoms with Crippen LogP contribution in [0.3, 0.4) is 0 Å². The fourth-order valence-corrected chi connectivity index (χ4v) is 1.27. The molecule has 0 saturated carbocycles. The lowest BCUT2D eigenvalue weighted by Gasteiger charge is -2.29. The Hall–Kier alpha value is -1.30. The van der Waals surface area contributed by atoms with Gasteiger partial charge in [0.05, 0.1) is 12.0 Å². The summed E-state index contributed by atoms with van der Waals surface area (Å²) in [5.74, 6) is -0.911. The molecule has 0 radical (unpaired) electrons. The van der Waals surface area contributed by atoms with Crippen LogP contribution in [-0.2, 0) is 9.53 Å². The van der Waals surface area contributed by atoms with E-state index >= 15 is 0 Å². The number of carbonyl (C=O) groups is 2. The molecule has 0 bridgehead atoms. The number of amides is 2. The Labute approximate surface area is 108 Å². The van der Waals surface area contributed by atoms with Crippen molar-refractivity contribution in [3.05, 3.63) is 0 Å². The molecule has 6 heteroatoms. The van der Waals surface area contributed by atoms with Crippen LogP contribution in [0.25, 0.3) is 0 Å². The van der Waals surface area contributed by atoms with E-state index in [1.54, 1.807) is 7.11 Å². The number of nitrogens with one attached hydrogen (secondary N) is 1. The summed E-state index contributed by atoms with van der Waals surface area (Å²) in [5, 5.41) is 11.4. The zero-order valence-corrected chi connectivity index (χ0v) is 11.8. The van der Waals surface area contributed by atoms with Gasteiger partial charge in [0.25, 0.3) is 0 Å². The summed E-state index contributed by atoms with van der Waals surface area (Å²) in [6, 6.07) is -0.314. The zero-order valence-electron chi connectivity index (χ0n) is 11.8. The lowest BCUT2D eigenvalue weighted by Crippen LogP contribution is -2.49. The number of aliphatic carboxylic acids is 1. The Morgan fingerprint density at radius 3 is 2.33 bits per heavy atom. The molecular weight excluding hydrogens is 236 g/mol. The third-order valence-electron chi connectivity index (χ3n) is 2.67. The van der Waals surface area contributed by atoms with Crippen LogP contribution in [0.5, 0.6) is 0 Å². The molecule has 0 unspecified atom stereocenters. The summed E-state index contributed by atoms with van der Waals surface area (Å²) in [4.78, 5) is 24.0. The molecule has 0 spiro atoms. The maximum Gasteiger partial charge on any atom is 0.317 e. The van der Waals surface area contributed by atoms with Crippen molar-refractivity contribution in [2.24, 2.45) is 0 Å². The first-order chi connectivity index (χ1) is 8.19. The van der Waals surface area contributed by atoms with Gasteiger partial charge in [-0.25, -0.2) is 4.79 Å². The number of rotatable bonds is 7. The van der Waals surface area contributed by atoms with Gasteiger partial charge >= 0.3 is 12.0 Å². The van der Waals surface area contributed by atoms with Crippen LogP contribution in [0.2, 0.25) is 0 Å². The summed E-state index contributed by atoms with van der Waals surface area (Å²) in [7, 11) is 1.58. The number of carboxylic acid groups (broad SMARTS) is 1. The molecule has 6 nitrogen and oxygen atoms in total. The molecule has 0 heterocycles. The Balaban J connectivity index is 4.35. The molecule has 0 rings (SSSR count). The van der Waals surface area contributed by atoms with Crippen molar-refractivity contribution >= 4 is 12.0 Å². The monoisotopic (exact) mass is 260 g/mol. The van der Waals surface area contributed by atoms with E-state index in [1.807, 2.05) is 27.7 Å². The summed E-state index contributed by atoms with van der Waals surface area (Å²) in [6.07, 6.45) is -0.0563. The largest absolute Gasteiger partial charge is 0.481 e. The van der Waals surface area contributed by atoms with Gasteiger partial charge in [0.2, 0.25) is 0 Å². The van der Waals surface area contributed by atoms with Gasteiger partial charge in [0.1, 0.15) is 0 Å². The van der Waals surface area contributed by atoms with Gasteiger partial charge in [-0.1, -0.05) is 0 Å². The number of carboxylic acids is 1. The fraction of sp³-hybridized carbons (Fsp3) is 0.833. The van der Waals surface area contributed by atoms with Gasteiger partial charge in [-0.3, -0.25) is 4.79 Å². The quantitative estimate of drug-likeness (QED) is 0.723. The van der Waals surface area contributed by atoms with Gasteiger partial charge in [-0.05, 0) is 27.7 Å². The summed E-state index contributed by atoms with van der Waals surface area (Å²) >= 11 is 0. The van der Waals surface area contributed by atoms with Crippen LogP contribution in [-0.4, -0.2) is 53.8 Å². The molecule has 2 amide bonds. The summed E-state index contributed by atoms with van der Waals surface area (Å²) in [5.41, 5.74) is -0.439. The standard InChI is InChI=1S/C12H24N2O4/c1-9(2)14(7-6-10(15)16)11(17)13-8-12(3,4)18-5/h9H,6-8H2,1-5H3,(H,13,17)(H,15,16). The molecule has 0 aromatic rings. The average molecular weight is 260 g/mol. The summed E-state index contributed by atoms with van der Waals surface area (Å²) < 4.78 is 5.20. The minimum Gasteiger partial charge on any atom is -0.481 e. The van der Waals surface area contributed by atoms with Crippen molar-refractivity contribution in [3.8, 4) is 0 Å². The molecule has 0 aromatic carbocycles. The van der Waals surface area contributed by atoms with Gasteiger partial charge in [0, 0.05) is 26.2 Å². The van der Waals surface area contributed by atoms with Gasteiger partial charge in [-0.15, -0.1) is 0 Å². The Morgan fingerprint density at radius 2 is 1.94 bits per heavy atom. The molecule has 18 heavy (non-hydrogen) atoms. The van der Waals surface area contributed by atoms with E-state index < -0.39 is 11.6 Å². The molecule has 0 saturated heterocycles. The van der Waals surface area contributed by atoms with E-state index in [0.29, 0.717) is 6.54 Å². The lowest BCUT2D eigenvalue weighted by molar-refractivity contribution is -0.137. The molecule has 2 N–H and O–H groups in total. The van der Waals surface area contributed by atoms with Crippen LogP contribution in [0, 0.1) is 0 Å². The highest BCUT2D eigenvalue weighted by atomic mass is 16.5. The smallest absolute Gasteiger partial charge is 0.317 e. The highest BCUT2D eigenvalue weighted by molar-refractivity contribution is 5.75. The molecule has 0 aromatic heterocycles. The number of nitrogens with zero attached hydrogens (tertiary/aromatic N) is 1. The first kappa shape index (κ1) is 16.7. The minimum atomic E-state index is -0.911. The number of urea groups is 1. The number of methoxy groups -OCH3 is 1. The van der Waals surface area contributed by atoms with E-state index in [-0.39, 0.29) is 25.0 Å². The number of ether oxygens (including phenoxy) is 1.